The smallest absolute Gasteiger partial charge is 0.227 e. The number of likely N-dealkylation sites (N-methyl/N-ethyl adjacent to an activating group) is 1. The largest absolute Gasteiger partial charge is 0.354 e. The van der Waals surface area contributed by atoms with Crippen molar-refractivity contribution < 1.29 is 4.79 Å². The minimum absolute atomic E-state index is 0.0149. The van der Waals surface area contributed by atoms with Gasteiger partial charge in [-0.05, 0) is 63.7 Å². The number of aromatic nitrogens is 1. The van der Waals surface area contributed by atoms with Crippen LogP contribution in [0, 0.1) is 0 Å². The first-order valence-corrected chi connectivity index (χ1v) is 8.77. The summed E-state index contributed by atoms with van der Waals surface area (Å²) in [4.78, 5) is 19.2. The Morgan fingerprint density at radius 1 is 1.24 bits per heavy atom. The van der Waals surface area contributed by atoms with Gasteiger partial charge in [-0.15, -0.1) is 0 Å². The van der Waals surface area contributed by atoms with Crippen LogP contribution in [-0.4, -0.2) is 42.0 Å². The van der Waals surface area contributed by atoms with Crippen LogP contribution in [-0.2, 0) is 11.2 Å². The Kier molecular flexibility index (Phi) is 6.57. The number of rotatable bonds is 7. The third-order valence-electron chi connectivity index (χ3n) is 4.66. The monoisotopic (exact) mass is 359 g/mol. The van der Waals surface area contributed by atoms with Crippen molar-refractivity contribution in [1.82, 2.24) is 15.2 Å². The average Bonchev–Trinajstić information content (AvgIpc) is 2.59. The zero-order chi connectivity index (χ0) is 18.4. The minimum Gasteiger partial charge on any atom is -0.354 e. The van der Waals surface area contributed by atoms with Gasteiger partial charge in [0.25, 0.3) is 0 Å². The molecule has 0 bridgehead atoms. The molecular formula is C20H26ClN3O. The van der Waals surface area contributed by atoms with Crippen LogP contribution in [0.3, 0.4) is 0 Å². The van der Waals surface area contributed by atoms with Gasteiger partial charge in [-0.1, -0.05) is 29.8 Å². The summed E-state index contributed by atoms with van der Waals surface area (Å²) >= 11 is 6.00. The summed E-state index contributed by atoms with van der Waals surface area (Å²) < 4.78 is 0. The van der Waals surface area contributed by atoms with Crippen molar-refractivity contribution in [3.05, 3.63) is 64.9 Å². The summed E-state index contributed by atoms with van der Waals surface area (Å²) in [6, 6.07) is 11.4. The third-order valence-corrected chi connectivity index (χ3v) is 4.91. The lowest BCUT2D eigenvalue weighted by molar-refractivity contribution is -0.123. The van der Waals surface area contributed by atoms with Gasteiger partial charge in [-0.2, -0.15) is 0 Å². The maximum Gasteiger partial charge on any atom is 0.227 e. The van der Waals surface area contributed by atoms with E-state index in [4.69, 9.17) is 11.6 Å². The second kappa shape index (κ2) is 8.45. The van der Waals surface area contributed by atoms with E-state index in [9.17, 15) is 4.79 Å². The predicted molar refractivity (Wildman–Crippen MR) is 103 cm³/mol. The van der Waals surface area contributed by atoms with Gasteiger partial charge in [0.1, 0.15) is 0 Å². The third kappa shape index (κ3) is 5.55. The highest BCUT2D eigenvalue weighted by Crippen LogP contribution is 2.23. The van der Waals surface area contributed by atoms with E-state index in [0.29, 0.717) is 18.0 Å². The molecule has 1 unspecified atom stereocenters. The number of hydrogen-bond donors (Lipinski definition) is 1. The number of nitrogens with one attached hydrogen (secondary N) is 1. The minimum atomic E-state index is -0.278. The molecule has 5 heteroatoms. The second-order valence-electron chi connectivity index (χ2n) is 7.09. The number of pyridine rings is 1. The SMILES string of the molecule is CN(C)C(C)(C)CNC(=O)C(Cc1cccnc1)c1ccc(Cl)cc1. The first kappa shape index (κ1) is 19.4. The van der Waals surface area contributed by atoms with Gasteiger partial charge in [-0.25, -0.2) is 0 Å². The number of carbonyl (C=O) groups excluding carboxylic acids is 1. The van der Waals surface area contributed by atoms with Crippen LogP contribution < -0.4 is 5.32 Å². The number of benzene rings is 1. The van der Waals surface area contributed by atoms with E-state index in [1.165, 1.54) is 0 Å². The highest BCUT2D eigenvalue weighted by Gasteiger charge is 2.25. The number of carbonyl (C=O) groups is 1. The summed E-state index contributed by atoms with van der Waals surface area (Å²) in [5.41, 5.74) is 1.87. The molecule has 25 heavy (non-hydrogen) atoms. The van der Waals surface area contributed by atoms with Crippen LogP contribution in [0.15, 0.2) is 48.8 Å². The molecule has 0 aliphatic heterocycles. The van der Waals surface area contributed by atoms with E-state index >= 15 is 0 Å². The van der Waals surface area contributed by atoms with Gasteiger partial charge in [0.05, 0.1) is 5.92 Å². The zero-order valence-corrected chi connectivity index (χ0v) is 16.0. The Morgan fingerprint density at radius 3 is 2.48 bits per heavy atom. The molecule has 1 atom stereocenters. The maximum absolute atomic E-state index is 12.9. The lowest BCUT2D eigenvalue weighted by Gasteiger charge is -2.33. The van der Waals surface area contributed by atoms with Crippen LogP contribution in [0.5, 0.6) is 0 Å². The molecule has 1 aromatic carbocycles. The second-order valence-corrected chi connectivity index (χ2v) is 7.53. The predicted octanol–water partition coefficient (Wildman–Crippen LogP) is 3.52. The van der Waals surface area contributed by atoms with Crippen molar-refractivity contribution in [3.8, 4) is 0 Å². The number of hydrogen-bond acceptors (Lipinski definition) is 3. The first-order chi connectivity index (χ1) is 11.8. The zero-order valence-electron chi connectivity index (χ0n) is 15.3. The van der Waals surface area contributed by atoms with E-state index in [0.717, 1.165) is 11.1 Å². The molecule has 1 N–H and O–H groups in total. The number of halogens is 1. The fraction of sp³-hybridized carbons (Fsp3) is 0.400. The molecule has 0 aliphatic rings. The van der Waals surface area contributed by atoms with Crippen LogP contribution in [0.1, 0.15) is 30.9 Å². The Hall–Kier alpha value is -1.91. The molecule has 4 nitrogen and oxygen atoms in total. The molecule has 1 amide bonds. The van der Waals surface area contributed by atoms with E-state index in [-0.39, 0.29) is 17.4 Å². The van der Waals surface area contributed by atoms with Crippen molar-refractivity contribution in [1.29, 1.82) is 0 Å². The van der Waals surface area contributed by atoms with Crippen molar-refractivity contribution in [2.75, 3.05) is 20.6 Å². The Labute approximate surface area is 155 Å². The molecule has 1 aromatic heterocycles. The normalized spacial score (nSPS) is 12.9. The highest BCUT2D eigenvalue weighted by molar-refractivity contribution is 6.30. The Morgan fingerprint density at radius 2 is 1.92 bits per heavy atom. The quantitative estimate of drug-likeness (QED) is 0.822. The molecule has 0 fully saturated rings. The molecule has 0 spiro atoms. The van der Waals surface area contributed by atoms with Crippen LogP contribution >= 0.6 is 11.6 Å². The fourth-order valence-electron chi connectivity index (χ4n) is 2.40. The molecule has 1 heterocycles. The average molecular weight is 360 g/mol. The Balaban J connectivity index is 2.18. The van der Waals surface area contributed by atoms with Gasteiger partial charge in [-0.3, -0.25) is 9.78 Å². The molecule has 2 aromatic rings. The van der Waals surface area contributed by atoms with Crippen molar-refractivity contribution in [2.45, 2.75) is 31.7 Å². The van der Waals surface area contributed by atoms with Gasteiger partial charge in [0.15, 0.2) is 0 Å². The molecule has 0 saturated carbocycles. The first-order valence-electron chi connectivity index (χ1n) is 8.39. The van der Waals surface area contributed by atoms with E-state index in [2.05, 4.69) is 29.0 Å². The topological polar surface area (TPSA) is 45.2 Å². The summed E-state index contributed by atoms with van der Waals surface area (Å²) in [5, 5.41) is 3.77. The standard InChI is InChI=1S/C20H26ClN3O/c1-20(2,24(3)4)14-23-19(25)18(12-15-6-5-11-22-13-15)16-7-9-17(21)10-8-16/h5-11,13,18H,12,14H2,1-4H3,(H,23,25). The molecule has 0 aliphatic carbocycles. The van der Waals surface area contributed by atoms with Crippen molar-refractivity contribution in [2.24, 2.45) is 0 Å². The van der Waals surface area contributed by atoms with E-state index in [1.54, 1.807) is 12.4 Å². The van der Waals surface area contributed by atoms with Gasteiger partial charge >= 0.3 is 0 Å². The van der Waals surface area contributed by atoms with Gasteiger partial charge < -0.3 is 10.2 Å². The van der Waals surface area contributed by atoms with Crippen LogP contribution in [0.2, 0.25) is 5.02 Å². The summed E-state index contributed by atoms with van der Waals surface area (Å²) in [7, 11) is 4.02. The summed E-state index contributed by atoms with van der Waals surface area (Å²) in [6.45, 7) is 4.79. The van der Waals surface area contributed by atoms with E-state index in [1.807, 2.05) is 50.5 Å². The van der Waals surface area contributed by atoms with Crippen molar-refractivity contribution >= 4 is 17.5 Å². The summed E-state index contributed by atoms with van der Waals surface area (Å²) in [5.74, 6) is -0.263. The highest BCUT2D eigenvalue weighted by atomic mass is 35.5. The summed E-state index contributed by atoms with van der Waals surface area (Å²) in [6.07, 6.45) is 4.14. The maximum atomic E-state index is 12.9. The number of nitrogens with zero attached hydrogens (tertiary/aromatic N) is 2. The van der Waals surface area contributed by atoms with Gasteiger partial charge in [0, 0.05) is 29.5 Å². The lowest BCUT2D eigenvalue weighted by Crippen LogP contribution is -2.49. The van der Waals surface area contributed by atoms with E-state index < -0.39 is 0 Å². The Bertz CT molecular complexity index is 684. The molecule has 2 rings (SSSR count). The number of amides is 1. The van der Waals surface area contributed by atoms with Crippen LogP contribution in [0.4, 0.5) is 0 Å². The van der Waals surface area contributed by atoms with Crippen LogP contribution in [0.25, 0.3) is 0 Å². The fourth-order valence-corrected chi connectivity index (χ4v) is 2.52. The van der Waals surface area contributed by atoms with Gasteiger partial charge in [0.2, 0.25) is 5.91 Å². The molecule has 0 saturated heterocycles. The molecular weight excluding hydrogens is 334 g/mol. The molecule has 0 radical (unpaired) electrons. The lowest BCUT2D eigenvalue weighted by atomic mass is 9.91. The van der Waals surface area contributed by atoms with Crippen molar-refractivity contribution in [3.63, 3.8) is 0 Å². The molecule has 134 valence electrons.